The Kier molecular flexibility index (Phi) is 6.47. The zero-order valence-electron chi connectivity index (χ0n) is 17.7. The first-order valence-corrected chi connectivity index (χ1v) is 10.6. The number of hydrogen-bond donors (Lipinski definition) is 3. The summed E-state index contributed by atoms with van der Waals surface area (Å²) in [5.41, 5.74) is 1.29. The minimum Gasteiger partial charge on any atom is -0.399 e. The first-order chi connectivity index (χ1) is 15.4. The molecular formula is C20H23ClN8O3. The third-order valence-electron chi connectivity index (χ3n) is 5.19. The molecule has 3 heterocycles. The van der Waals surface area contributed by atoms with Crippen LogP contribution in [0.25, 0.3) is 0 Å². The van der Waals surface area contributed by atoms with Gasteiger partial charge in [-0.25, -0.2) is 0 Å². The second-order valence-corrected chi connectivity index (χ2v) is 7.95. The molecule has 3 N–H and O–H groups in total. The topological polar surface area (TPSA) is 142 Å². The lowest BCUT2D eigenvalue weighted by atomic mass is 9.98. The maximum absolute atomic E-state index is 12.5. The van der Waals surface area contributed by atoms with E-state index in [1.165, 1.54) is 0 Å². The molecule has 2 aromatic heterocycles. The SMILES string of the molecule is Cc1nc(Nc2nnc(C(=O)Nc3c(C)cccc3Cl)o2)nc(N2CCC(CO)CC2)n1. The van der Waals surface area contributed by atoms with Crippen molar-refractivity contribution in [2.45, 2.75) is 26.7 Å². The normalized spacial score (nSPS) is 14.4. The van der Waals surface area contributed by atoms with Crippen LogP contribution >= 0.6 is 11.6 Å². The van der Waals surface area contributed by atoms with Gasteiger partial charge in [0.1, 0.15) is 5.82 Å². The van der Waals surface area contributed by atoms with Crippen LogP contribution in [0.4, 0.5) is 23.6 Å². The molecule has 0 radical (unpaired) electrons. The Bertz CT molecular complexity index is 1090. The number of aryl methyl sites for hydroxylation is 2. The first kappa shape index (κ1) is 21.9. The van der Waals surface area contributed by atoms with Crippen LogP contribution < -0.4 is 15.5 Å². The van der Waals surface area contributed by atoms with Gasteiger partial charge in [0.15, 0.2) is 0 Å². The maximum atomic E-state index is 12.5. The number of nitrogens with one attached hydrogen (secondary N) is 2. The Balaban J connectivity index is 1.45. The molecule has 1 aliphatic heterocycles. The largest absolute Gasteiger partial charge is 0.399 e. The van der Waals surface area contributed by atoms with Gasteiger partial charge in [-0.1, -0.05) is 28.8 Å². The number of hydrogen-bond acceptors (Lipinski definition) is 10. The van der Waals surface area contributed by atoms with E-state index in [2.05, 4.69) is 35.8 Å². The quantitative estimate of drug-likeness (QED) is 0.504. The van der Waals surface area contributed by atoms with Crippen molar-refractivity contribution in [3.05, 3.63) is 40.5 Å². The number of halogens is 1. The van der Waals surface area contributed by atoms with Crippen molar-refractivity contribution in [3.8, 4) is 0 Å². The van der Waals surface area contributed by atoms with Crippen molar-refractivity contribution in [1.29, 1.82) is 0 Å². The summed E-state index contributed by atoms with van der Waals surface area (Å²) in [6, 6.07) is 5.27. The number of piperidine rings is 1. The molecule has 3 aromatic rings. The smallest absolute Gasteiger partial charge is 0.322 e. The van der Waals surface area contributed by atoms with Crippen molar-refractivity contribution in [2.24, 2.45) is 5.92 Å². The summed E-state index contributed by atoms with van der Waals surface area (Å²) in [6.45, 7) is 5.28. The van der Waals surface area contributed by atoms with Crippen LogP contribution in [0.3, 0.4) is 0 Å². The lowest BCUT2D eigenvalue weighted by Gasteiger charge is -2.31. The van der Waals surface area contributed by atoms with E-state index in [0.717, 1.165) is 31.5 Å². The Hall–Kier alpha value is -3.31. The van der Waals surface area contributed by atoms with Crippen LogP contribution in [0.15, 0.2) is 22.6 Å². The predicted octanol–water partition coefficient (Wildman–Crippen LogP) is 2.73. The molecule has 0 aliphatic carbocycles. The monoisotopic (exact) mass is 458 g/mol. The average Bonchev–Trinajstić information content (AvgIpc) is 3.24. The summed E-state index contributed by atoms with van der Waals surface area (Å²) in [5, 5.41) is 22.9. The molecule has 1 amide bonds. The van der Waals surface area contributed by atoms with E-state index in [1.54, 1.807) is 19.1 Å². The third kappa shape index (κ3) is 4.94. The van der Waals surface area contributed by atoms with Gasteiger partial charge in [-0.3, -0.25) is 10.1 Å². The molecule has 1 aromatic carbocycles. The van der Waals surface area contributed by atoms with Crippen LogP contribution in [-0.2, 0) is 0 Å². The van der Waals surface area contributed by atoms with Crippen molar-refractivity contribution >= 4 is 41.1 Å². The number of amides is 1. The molecule has 11 nitrogen and oxygen atoms in total. The summed E-state index contributed by atoms with van der Waals surface area (Å²) >= 11 is 6.15. The number of benzene rings is 1. The van der Waals surface area contributed by atoms with E-state index in [9.17, 15) is 9.90 Å². The second kappa shape index (κ2) is 9.45. The van der Waals surface area contributed by atoms with Gasteiger partial charge in [0.05, 0.1) is 10.7 Å². The van der Waals surface area contributed by atoms with E-state index in [4.69, 9.17) is 16.0 Å². The van der Waals surface area contributed by atoms with Crippen molar-refractivity contribution in [2.75, 3.05) is 35.2 Å². The van der Waals surface area contributed by atoms with E-state index >= 15 is 0 Å². The summed E-state index contributed by atoms with van der Waals surface area (Å²) in [7, 11) is 0. The van der Waals surface area contributed by atoms with Gasteiger partial charge in [0.25, 0.3) is 0 Å². The Morgan fingerprint density at radius 3 is 2.72 bits per heavy atom. The molecule has 1 saturated heterocycles. The molecule has 0 atom stereocenters. The fourth-order valence-corrected chi connectivity index (χ4v) is 3.67. The van der Waals surface area contributed by atoms with Crippen LogP contribution in [0.1, 0.15) is 34.9 Å². The highest BCUT2D eigenvalue weighted by Gasteiger charge is 2.22. The van der Waals surface area contributed by atoms with E-state index in [1.807, 2.05) is 17.9 Å². The number of carbonyl (C=O) groups excluding carboxylic acids is 1. The molecule has 32 heavy (non-hydrogen) atoms. The van der Waals surface area contributed by atoms with Gasteiger partial charge in [0.2, 0.25) is 11.9 Å². The number of nitrogens with zero attached hydrogens (tertiary/aromatic N) is 6. The molecule has 4 rings (SSSR count). The number of carbonyl (C=O) groups is 1. The molecular weight excluding hydrogens is 436 g/mol. The van der Waals surface area contributed by atoms with Gasteiger partial charge in [0, 0.05) is 19.7 Å². The van der Waals surface area contributed by atoms with E-state index < -0.39 is 5.91 Å². The molecule has 1 aliphatic rings. The second-order valence-electron chi connectivity index (χ2n) is 7.54. The molecule has 1 fully saturated rings. The Labute approximate surface area is 189 Å². The van der Waals surface area contributed by atoms with Crippen LogP contribution in [-0.4, -0.2) is 55.9 Å². The molecule has 0 bridgehead atoms. The summed E-state index contributed by atoms with van der Waals surface area (Å²) < 4.78 is 5.42. The zero-order valence-corrected chi connectivity index (χ0v) is 18.4. The third-order valence-corrected chi connectivity index (χ3v) is 5.50. The van der Waals surface area contributed by atoms with Crippen LogP contribution in [0, 0.1) is 19.8 Å². The number of aromatic nitrogens is 5. The number of aliphatic hydroxyl groups excluding tert-OH is 1. The number of rotatable bonds is 6. The summed E-state index contributed by atoms with van der Waals surface area (Å²) in [5.74, 6) is 0.778. The molecule has 0 unspecified atom stereocenters. The number of anilines is 4. The standard InChI is InChI=1S/C20H23ClN8O3/c1-11-4-3-5-14(21)15(11)24-16(31)17-27-28-20(32-17)26-18-22-12(2)23-19(25-18)29-8-6-13(10-30)7-9-29/h3-5,13,30H,6-10H2,1-2H3,(H,24,31)(H,22,23,25,26,28). The number of para-hydroxylation sites is 1. The maximum Gasteiger partial charge on any atom is 0.322 e. The van der Waals surface area contributed by atoms with Gasteiger partial charge in [-0.15, -0.1) is 5.10 Å². The first-order valence-electron chi connectivity index (χ1n) is 10.2. The van der Waals surface area contributed by atoms with Gasteiger partial charge in [-0.2, -0.15) is 15.0 Å². The molecule has 168 valence electrons. The van der Waals surface area contributed by atoms with Crippen molar-refractivity contribution in [3.63, 3.8) is 0 Å². The molecule has 12 heteroatoms. The van der Waals surface area contributed by atoms with Crippen molar-refractivity contribution in [1.82, 2.24) is 25.1 Å². The van der Waals surface area contributed by atoms with Gasteiger partial charge >= 0.3 is 17.8 Å². The highest BCUT2D eigenvalue weighted by molar-refractivity contribution is 6.34. The molecule has 0 saturated carbocycles. The van der Waals surface area contributed by atoms with Crippen LogP contribution in [0.2, 0.25) is 5.02 Å². The Morgan fingerprint density at radius 1 is 1.22 bits per heavy atom. The Morgan fingerprint density at radius 2 is 2.00 bits per heavy atom. The highest BCUT2D eigenvalue weighted by atomic mass is 35.5. The fraction of sp³-hybridized carbons (Fsp3) is 0.400. The lowest BCUT2D eigenvalue weighted by molar-refractivity contribution is 0.0991. The number of aliphatic hydroxyl groups is 1. The summed E-state index contributed by atoms with van der Waals surface area (Å²) in [4.78, 5) is 27.6. The van der Waals surface area contributed by atoms with E-state index in [0.29, 0.717) is 28.4 Å². The van der Waals surface area contributed by atoms with Gasteiger partial charge in [-0.05, 0) is 44.2 Å². The average molecular weight is 459 g/mol. The molecule has 0 spiro atoms. The predicted molar refractivity (Wildman–Crippen MR) is 118 cm³/mol. The minimum absolute atomic E-state index is 0.0263. The fourth-order valence-electron chi connectivity index (χ4n) is 3.40. The zero-order chi connectivity index (χ0) is 22.7. The summed E-state index contributed by atoms with van der Waals surface area (Å²) in [6.07, 6.45) is 1.74. The van der Waals surface area contributed by atoms with Gasteiger partial charge < -0.3 is 19.7 Å². The van der Waals surface area contributed by atoms with Crippen molar-refractivity contribution < 1.29 is 14.3 Å². The highest BCUT2D eigenvalue weighted by Crippen LogP contribution is 2.26. The van der Waals surface area contributed by atoms with Crippen LogP contribution in [0.5, 0.6) is 0 Å². The van der Waals surface area contributed by atoms with E-state index in [-0.39, 0.29) is 24.5 Å². The minimum atomic E-state index is -0.582. The lowest BCUT2D eigenvalue weighted by Crippen LogP contribution is -2.36.